The lowest BCUT2D eigenvalue weighted by Gasteiger charge is -2.37. The number of carbonyl (C=O) groups is 2. The number of carbonyl (C=O) groups excluding carboxylic acids is 2. The highest BCUT2D eigenvalue weighted by Crippen LogP contribution is 2.47. The van der Waals surface area contributed by atoms with Crippen LogP contribution in [0.4, 0.5) is 0 Å². The summed E-state index contributed by atoms with van der Waals surface area (Å²) in [6, 6.07) is 12.8. The zero-order valence-electron chi connectivity index (χ0n) is 27.3. The Labute approximate surface area is 274 Å². The van der Waals surface area contributed by atoms with Gasteiger partial charge in [-0.2, -0.15) is 0 Å². The number of methoxy groups -OCH3 is 1. The summed E-state index contributed by atoms with van der Waals surface area (Å²) >= 11 is 0. The Hall–Kier alpha value is -3.89. The maximum atomic E-state index is 13.8. The normalized spacial score (nSPS) is 28.5. The number of benzene rings is 2. The number of ether oxygens (including phenoxy) is 1. The fraction of sp³-hybridized carbons (Fsp3) is 0.541. The molecule has 2 aromatic carbocycles. The Bertz CT molecular complexity index is 1920. The van der Waals surface area contributed by atoms with E-state index in [1.807, 2.05) is 29.0 Å². The number of nitrogens with zero attached hydrogens (tertiary/aromatic N) is 5. The first-order valence-corrected chi connectivity index (χ1v) is 17.5. The number of fused-ring (bicyclic) bond motifs is 4. The number of hydrogen-bond donors (Lipinski definition) is 2. The summed E-state index contributed by atoms with van der Waals surface area (Å²) in [7, 11) is 3.69. The third-order valence-corrected chi connectivity index (χ3v) is 12.0. The molecule has 0 spiro atoms. The number of piperidine rings is 1. The van der Waals surface area contributed by atoms with Crippen LogP contribution >= 0.6 is 0 Å². The molecule has 0 radical (unpaired) electrons. The number of aromatic nitrogens is 3. The molecule has 2 saturated heterocycles. The van der Waals surface area contributed by atoms with E-state index >= 15 is 0 Å². The number of aliphatic hydroxyl groups excluding tert-OH is 1. The van der Waals surface area contributed by atoms with Crippen molar-refractivity contribution in [2.45, 2.75) is 75.6 Å². The summed E-state index contributed by atoms with van der Waals surface area (Å²) in [5.74, 6) is 3.08. The van der Waals surface area contributed by atoms with Crippen molar-refractivity contribution in [1.82, 2.24) is 23.9 Å². The molecule has 5 aliphatic rings. The molecule has 3 saturated carbocycles. The Morgan fingerprint density at radius 1 is 1.04 bits per heavy atom. The fourth-order valence-corrected chi connectivity index (χ4v) is 9.16. The molecule has 3 N–H and O–H groups in total. The largest absolute Gasteiger partial charge is 0.494 e. The van der Waals surface area contributed by atoms with E-state index in [-0.39, 0.29) is 35.9 Å². The maximum absolute atomic E-state index is 13.8. The standard InChI is InChI=1S/C37H44N6O4/c1-40-34-28(14-25(16-31(34)47-2)37(46)43-18-22-8-9-29(43)32(22)38)39-35(40)30-15-21-4-3-5-27(33(21)42(30)17-20-6-7-20)23-12-24(13-23)36(45)41-11-10-26(44)19-41/h3-5,14-16,20,22-24,26,29,32,44H,6-13,17-19,38H2,1-2H3/t22-,23?,24?,26-,29-,32-/m1/s1. The lowest BCUT2D eigenvalue weighted by atomic mass is 9.70. The number of imidazole rings is 1. The van der Waals surface area contributed by atoms with Crippen molar-refractivity contribution >= 4 is 33.8 Å². The topological polar surface area (TPSA) is 119 Å². The van der Waals surface area contributed by atoms with Gasteiger partial charge in [0, 0.05) is 62.2 Å². The van der Waals surface area contributed by atoms with E-state index in [4.69, 9.17) is 15.5 Å². The van der Waals surface area contributed by atoms with E-state index in [0.29, 0.717) is 48.6 Å². The van der Waals surface area contributed by atoms with E-state index in [1.165, 1.54) is 29.3 Å². The number of likely N-dealkylation sites (tertiary alicyclic amines) is 2. The molecule has 4 aromatic rings. The number of aryl methyl sites for hydroxylation is 1. The zero-order valence-corrected chi connectivity index (χ0v) is 27.3. The lowest BCUT2D eigenvalue weighted by molar-refractivity contribution is -0.138. The maximum Gasteiger partial charge on any atom is 0.254 e. The van der Waals surface area contributed by atoms with Crippen molar-refractivity contribution in [2.75, 3.05) is 26.7 Å². The first kappa shape index (κ1) is 29.3. The lowest BCUT2D eigenvalue weighted by Crippen LogP contribution is -2.41. The molecule has 4 heterocycles. The molecule has 10 heteroatoms. The first-order chi connectivity index (χ1) is 22.8. The molecule has 2 aromatic heterocycles. The third-order valence-electron chi connectivity index (χ3n) is 12.0. The Morgan fingerprint density at radius 2 is 1.87 bits per heavy atom. The molecular weight excluding hydrogens is 592 g/mol. The average Bonchev–Trinajstić information content (AvgIpc) is 3.31. The smallest absolute Gasteiger partial charge is 0.254 e. The molecule has 2 amide bonds. The van der Waals surface area contributed by atoms with Gasteiger partial charge in [0.1, 0.15) is 11.3 Å². The van der Waals surface area contributed by atoms with Crippen LogP contribution in [0.5, 0.6) is 5.75 Å². The second-order valence-electron chi connectivity index (χ2n) is 14.9. The van der Waals surface area contributed by atoms with Crippen molar-refractivity contribution in [3.8, 4) is 17.3 Å². The van der Waals surface area contributed by atoms with Crippen LogP contribution in [0.1, 0.15) is 66.8 Å². The molecule has 9 rings (SSSR count). The molecule has 3 aliphatic carbocycles. The third kappa shape index (κ3) is 4.62. The minimum Gasteiger partial charge on any atom is -0.494 e. The van der Waals surface area contributed by atoms with E-state index in [9.17, 15) is 14.7 Å². The highest BCUT2D eigenvalue weighted by molar-refractivity contribution is 6.00. The summed E-state index contributed by atoms with van der Waals surface area (Å²) in [5, 5.41) is 11.1. The number of para-hydroxylation sites is 1. The minimum atomic E-state index is -0.387. The summed E-state index contributed by atoms with van der Waals surface area (Å²) in [4.78, 5) is 35.9. The van der Waals surface area contributed by atoms with Crippen molar-refractivity contribution in [2.24, 2.45) is 30.5 Å². The number of hydrogen-bond acceptors (Lipinski definition) is 6. The van der Waals surface area contributed by atoms with Crippen molar-refractivity contribution < 1.29 is 19.4 Å². The van der Waals surface area contributed by atoms with Crippen LogP contribution in [0.25, 0.3) is 33.5 Å². The predicted octanol–water partition coefficient (Wildman–Crippen LogP) is 4.26. The van der Waals surface area contributed by atoms with Gasteiger partial charge < -0.3 is 34.5 Å². The Morgan fingerprint density at radius 3 is 2.55 bits per heavy atom. The van der Waals surface area contributed by atoms with Gasteiger partial charge in [-0.1, -0.05) is 18.2 Å². The van der Waals surface area contributed by atoms with Crippen molar-refractivity contribution in [1.29, 1.82) is 0 Å². The second-order valence-corrected chi connectivity index (χ2v) is 14.9. The highest BCUT2D eigenvalue weighted by atomic mass is 16.5. The second kappa shape index (κ2) is 10.8. The van der Waals surface area contributed by atoms with Gasteiger partial charge in [0.2, 0.25) is 5.91 Å². The predicted molar refractivity (Wildman–Crippen MR) is 179 cm³/mol. The summed E-state index contributed by atoms with van der Waals surface area (Å²) in [6.07, 6.45) is 6.51. The average molecular weight is 637 g/mol. The van der Waals surface area contributed by atoms with Crippen LogP contribution in [0.2, 0.25) is 0 Å². The molecule has 5 fully saturated rings. The summed E-state index contributed by atoms with van der Waals surface area (Å²) in [6.45, 7) is 2.78. The Balaban J connectivity index is 1.08. The fourth-order valence-electron chi connectivity index (χ4n) is 9.16. The SMILES string of the molecule is COc1cc(C(=O)N2C[C@H]3CC[C@@H]2[C@@H]3N)cc2nc(-c3cc4cccc(C5CC(C(=O)N6CC[C@@H](O)C6)C5)c4n3CC3CC3)n(C)c12. The minimum absolute atomic E-state index is 0.00531. The van der Waals surface area contributed by atoms with Crippen LogP contribution in [0, 0.1) is 17.8 Å². The number of amides is 2. The van der Waals surface area contributed by atoms with Gasteiger partial charge >= 0.3 is 0 Å². The molecule has 2 bridgehead atoms. The van der Waals surface area contributed by atoms with Gasteiger partial charge in [-0.3, -0.25) is 9.59 Å². The zero-order chi connectivity index (χ0) is 32.1. The van der Waals surface area contributed by atoms with Gasteiger partial charge in [0.15, 0.2) is 5.82 Å². The van der Waals surface area contributed by atoms with E-state index in [2.05, 4.69) is 33.4 Å². The first-order valence-electron chi connectivity index (χ1n) is 17.5. The number of β-amino-alcohol motifs (C(OH)–C–C–N with tert-alkyl or cyclic N) is 1. The monoisotopic (exact) mass is 636 g/mol. The Kier molecular flexibility index (Phi) is 6.74. The van der Waals surface area contributed by atoms with Gasteiger partial charge in [-0.05, 0) is 86.5 Å². The van der Waals surface area contributed by atoms with Crippen LogP contribution in [-0.4, -0.2) is 85.8 Å². The van der Waals surface area contributed by atoms with Crippen molar-refractivity contribution in [3.63, 3.8) is 0 Å². The molecule has 0 unspecified atom stereocenters. The quantitative estimate of drug-likeness (QED) is 0.313. The number of rotatable bonds is 7. The van der Waals surface area contributed by atoms with Crippen molar-refractivity contribution in [3.05, 3.63) is 47.5 Å². The van der Waals surface area contributed by atoms with Crippen LogP contribution in [-0.2, 0) is 18.4 Å². The van der Waals surface area contributed by atoms with E-state index in [1.54, 1.807) is 7.11 Å². The number of aliphatic hydroxyl groups is 1. The van der Waals surface area contributed by atoms with Crippen LogP contribution in [0.3, 0.4) is 0 Å². The molecule has 47 heavy (non-hydrogen) atoms. The highest BCUT2D eigenvalue weighted by Gasteiger charge is 2.47. The molecule has 4 atom stereocenters. The van der Waals surface area contributed by atoms with Crippen LogP contribution < -0.4 is 10.5 Å². The van der Waals surface area contributed by atoms with Crippen LogP contribution in [0.15, 0.2) is 36.4 Å². The molecular formula is C37H44N6O4. The van der Waals surface area contributed by atoms with Gasteiger partial charge in [0.05, 0.1) is 29.9 Å². The van der Waals surface area contributed by atoms with Gasteiger partial charge in [-0.25, -0.2) is 4.98 Å². The summed E-state index contributed by atoms with van der Waals surface area (Å²) in [5.41, 5.74) is 12.3. The molecule has 246 valence electrons. The molecule has 2 aliphatic heterocycles. The molecule has 10 nitrogen and oxygen atoms in total. The summed E-state index contributed by atoms with van der Waals surface area (Å²) < 4.78 is 10.5. The van der Waals surface area contributed by atoms with E-state index in [0.717, 1.165) is 61.3 Å². The van der Waals surface area contributed by atoms with E-state index < -0.39 is 0 Å². The van der Waals surface area contributed by atoms with Gasteiger partial charge in [-0.15, -0.1) is 0 Å². The number of nitrogens with two attached hydrogens (primary N) is 1. The van der Waals surface area contributed by atoms with Gasteiger partial charge in [0.25, 0.3) is 5.91 Å².